The lowest BCUT2D eigenvalue weighted by Gasteiger charge is -2.33. The Hall–Kier alpha value is -3.32. The molecule has 150 valence electrons. The normalized spacial score (nSPS) is 15.7. The highest BCUT2D eigenvalue weighted by atomic mass is 16.5. The van der Waals surface area contributed by atoms with E-state index in [1.54, 1.807) is 37.3 Å². The first-order chi connectivity index (χ1) is 14.1. The fourth-order valence-corrected chi connectivity index (χ4v) is 3.83. The predicted octanol–water partition coefficient (Wildman–Crippen LogP) is 2.95. The number of methoxy groups -OCH3 is 3. The molecule has 1 amide bonds. The Morgan fingerprint density at radius 3 is 2.52 bits per heavy atom. The second kappa shape index (κ2) is 7.60. The summed E-state index contributed by atoms with van der Waals surface area (Å²) >= 11 is 0. The Labute approximate surface area is 168 Å². The molecule has 0 fully saturated rings. The number of fused-ring (bicyclic) bond motifs is 2. The highest BCUT2D eigenvalue weighted by molar-refractivity contribution is 5.98. The second-order valence-corrected chi connectivity index (χ2v) is 6.80. The summed E-state index contributed by atoms with van der Waals surface area (Å²) in [4.78, 5) is 19.2. The number of aliphatic hydroxyl groups is 1. The standard InChI is InChI=1S/C22H22N2O5/c1-27-18-8-9-19(28-2)20-15(18)11-24(12-17(20)25)22(26)16-10-13-6-4-5-7-14(13)21(23-16)29-3/h4-10,17,25H,11-12H2,1-3H3/t17-/m1/s1. The Morgan fingerprint density at radius 1 is 1.07 bits per heavy atom. The minimum absolute atomic E-state index is 0.131. The maximum Gasteiger partial charge on any atom is 0.273 e. The number of carbonyl (C=O) groups is 1. The van der Waals surface area contributed by atoms with Crippen molar-refractivity contribution in [1.29, 1.82) is 0 Å². The summed E-state index contributed by atoms with van der Waals surface area (Å²) in [6.45, 7) is 0.411. The van der Waals surface area contributed by atoms with Crippen LogP contribution in [0.1, 0.15) is 27.7 Å². The van der Waals surface area contributed by atoms with Crippen molar-refractivity contribution in [3.63, 3.8) is 0 Å². The summed E-state index contributed by atoms with van der Waals surface area (Å²) in [5.74, 6) is 1.28. The van der Waals surface area contributed by atoms with Gasteiger partial charge in [0.25, 0.3) is 5.91 Å². The summed E-state index contributed by atoms with van der Waals surface area (Å²) in [5.41, 5.74) is 1.64. The maximum absolute atomic E-state index is 13.2. The van der Waals surface area contributed by atoms with E-state index in [9.17, 15) is 9.90 Å². The third kappa shape index (κ3) is 3.23. The molecule has 0 saturated carbocycles. The highest BCUT2D eigenvalue weighted by Gasteiger charge is 2.33. The van der Waals surface area contributed by atoms with E-state index in [2.05, 4.69) is 4.98 Å². The van der Waals surface area contributed by atoms with Crippen molar-refractivity contribution in [1.82, 2.24) is 9.88 Å². The summed E-state index contributed by atoms with van der Waals surface area (Å²) < 4.78 is 16.2. The van der Waals surface area contributed by atoms with Gasteiger partial charge in [-0.25, -0.2) is 4.98 Å². The van der Waals surface area contributed by atoms with Crippen LogP contribution in [-0.4, -0.2) is 48.8 Å². The van der Waals surface area contributed by atoms with Crippen molar-refractivity contribution >= 4 is 16.7 Å². The quantitative estimate of drug-likeness (QED) is 0.733. The second-order valence-electron chi connectivity index (χ2n) is 6.80. The van der Waals surface area contributed by atoms with E-state index in [-0.39, 0.29) is 24.7 Å². The minimum Gasteiger partial charge on any atom is -0.496 e. The zero-order valence-electron chi connectivity index (χ0n) is 16.5. The van der Waals surface area contributed by atoms with Crippen LogP contribution >= 0.6 is 0 Å². The van der Waals surface area contributed by atoms with Gasteiger partial charge in [0.1, 0.15) is 23.3 Å². The van der Waals surface area contributed by atoms with Gasteiger partial charge in [-0.05, 0) is 29.7 Å². The van der Waals surface area contributed by atoms with Gasteiger partial charge in [-0.1, -0.05) is 18.2 Å². The SMILES string of the molecule is COc1ccc(OC)c2c1CN(C(=O)c1cc3ccccc3c(OC)n1)C[C@H]2O. The number of β-amino-alcohol motifs (C(OH)–C–C–N with tert-alkyl or cyclic N) is 1. The van der Waals surface area contributed by atoms with Crippen molar-refractivity contribution in [3.05, 3.63) is 59.3 Å². The minimum atomic E-state index is -0.893. The Balaban J connectivity index is 1.74. The lowest BCUT2D eigenvalue weighted by molar-refractivity contribution is 0.0533. The van der Waals surface area contributed by atoms with Gasteiger partial charge in [-0.2, -0.15) is 0 Å². The average Bonchev–Trinajstić information content (AvgIpc) is 2.76. The highest BCUT2D eigenvalue weighted by Crippen LogP contribution is 2.39. The molecule has 0 spiro atoms. The van der Waals surface area contributed by atoms with Crippen LogP contribution in [0.4, 0.5) is 0 Å². The van der Waals surface area contributed by atoms with Crippen LogP contribution in [0.15, 0.2) is 42.5 Å². The molecule has 7 nitrogen and oxygen atoms in total. The fraction of sp³-hybridized carbons (Fsp3) is 0.273. The molecule has 0 aliphatic carbocycles. The van der Waals surface area contributed by atoms with Crippen LogP contribution in [0.25, 0.3) is 10.8 Å². The van der Waals surface area contributed by atoms with Crippen LogP contribution < -0.4 is 14.2 Å². The Bertz CT molecular complexity index is 1080. The number of aromatic nitrogens is 1. The van der Waals surface area contributed by atoms with Gasteiger partial charge in [-0.15, -0.1) is 0 Å². The molecule has 2 aromatic carbocycles. The van der Waals surface area contributed by atoms with Crippen molar-refractivity contribution in [2.45, 2.75) is 12.6 Å². The molecule has 1 N–H and O–H groups in total. The topological polar surface area (TPSA) is 81.1 Å². The van der Waals surface area contributed by atoms with E-state index in [0.717, 1.165) is 16.3 Å². The van der Waals surface area contributed by atoms with Crippen molar-refractivity contribution in [2.75, 3.05) is 27.9 Å². The zero-order chi connectivity index (χ0) is 20.5. The largest absolute Gasteiger partial charge is 0.496 e. The number of aliphatic hydroxyl groups excluding tert-OH is 1. The van der Waals surface area contributed by atoms with Gasteiger partial charge < -0.3 is 24.2 Å². The van der Waals surface area contributed by atoms with Gasteiger partial charge in [0, 0.05) is 16.5 Å². The van der Waals surface area contributed by atoms with Gasteiger partial charge in [0.05, 0.1) is 34.4 Å². The van der Waals surface area contributed by atoms with Gasteiger partial charge in [0.2, 0.25) is 5.88 Å². The first-order valence-corrected chi connectivity index (χ1v) is 9.22. The van der Waals surface area contributed by atoms with Crippen molar-refractivity contribution in [3.8, 4) is 17.4 Å². The smallest absolute Gasteiger partial charge is 0.273 e. The van der Waals surface area contributed by atoms with Gasteiger partial charge in [-0.3, -0.25) is 4.79 Å². The predicted molar refractivity (Wildman–Crippen MR) is 108 cm³/mol. The molecule has 1 aromatic heterocycles. The van der Waals surface area contributed by atoms with E-state index < -0.39 is 6.10 Å². The molecule has 7 heteroatoms. The van der Waals surface area contributed by atoms with Crippen molar-refractivity contribution in [2.24, 2.45) is 0 Å². The molecule has 0 unspecified atom stereocenters. The number of rotatable bonds is 4. The number of hydrogen-bond acceptors (Lipinski definition) is 6. The Kier molecular flexibility index (Phi) is 4.98. The van der Waals surface area contributed by atoms with Crippen LogP contribution in [0.2, 0.25) is 0 Å². The molecule has 1 atom stereocenters. The fourth-order valence-electron chi connectivity index (χ4n) is 3.83. The number of nitrogens with zero attached hydrogens (tertiary/aromatic N) is 2. The van der Waals surface area contributed by atoms with E-state index in [1.807, 2.05) is 24.3 Å². The number of pyridine rings is 1. The van der Waals surface area contributed by atoms with Crippen molar-refractivity contribution < 1.29 is 24.1 Å². The zero-order valence-corrected chi connectivity index (χ0v) is 16.5. The third-order valence-electron chi connectivity index (χ3n) is 5.19. The summed E-state index contributed by atoms with van der Waals surface area (Å²) in [5, 5.41) is 12.5. The monoisotopic (exact) mass is 394 g/mol. The van der Waals surface area contributed by atoms with Crippen LogP contribution in [-0.2, 0) is 6.54 Å². The first kappa shape index (κ1) is 19.0. The van der Waals surface area contributed by atoms with E-state index in [1.165, 1.54) is 7.11 Å². The molecule has 0 bridgehead atoms. The molecule has 2 heterocycles. The number of hydrogen-bond donors (Lipinski definition) is 1. The number of ether oxygens (including phenoxy) is 3. The van der Waals surface area contributed by atoms with Gasteiger partial charge >= 0.3 is 0 Å². The molecule has 1 aliphatic heterocycles. The summed E-state index contributed by atoms with van der Waals surface area (Å²) in [6.07, 6.45) is -0.893. The van der Waals surface area contributed by atoms with Crippen LogP contribution in [0.5, 0.6) is 17.4 Å². The number of carbonyl (C=O) groups excluding carboxylic acids is 1. The van der Waals surface area contributed by atoms with Gasteiger partial charge in [0.15, 0.2) is 0 Å². The molecule has 3 aromatic rings. The molecular weight excluding hydrogens is 372 g/mol. The van der Waals surface area contributed by atoms with Crippen LogP contribution in [0.3, 0.4) is 0 Å². The van der Waals surface area contributed by atoms with E-state index in [4.69, 9.17) is 14.2 Å². The lowest BCUT2D eigenvalue weighted by atomic mass is 9.95. The number of benzene rings is 2. The first-order valence-electron chi connectivity index (χ1n) is 9.22. The third-order valence-corrected chi connectivity index (χ3v) is 5.19. The molecule has 1 aliphatic rings. The van der Waals surface area contributed by atoms with Crippen LogP contribution in [0, 0.1) is 0 Å². The summed E-state index contributed by atoms with van der Waals surface area (Å²) in [6, 6.07) is 12.9. The van der Waals surface area contributed by atoms with E-state index >= 15 is 0 Å². The molecule has 0 radical (unpaired) electrons. The maximum atomic E-state index is 13.2. The summed E-state index contributed by atoms with van der Waals surface area (Å²) in [7, 11) is 4.64. The molecule has 29 heavy (non-hydrogen) atoms. The molecule has 0 saturated heterocycles. The lowest BCUT2D eigenvalue weighted by Crippen LogP contribution is -2.39. The molecule has 4 rings (SSSR count). The Morgan fingerprint density at radius 2 is 1.79 bits per heavy atom. The number of amides is 1. The average molecular weight is 394 g/mol. The molecular formula is C22H22N2O5. The van der Waals surface area contributed by atoms with E-state index in [0.29, 0.717) is 22.9 Å².